The Labute approximate surface area is 94.2 Å². The van der Waals surface area contributed by atoms with Crippen LogP contribution < -0.4 is 5.32 Å². The molecule has 1 N–H and O–H groups in total. The fourth-order valence-electron chi connectivity index (χ4n) is 2.01. The van der Waals surface area contributed by atoms with Gasteiger partial charge in [0.2, 0.25) is 0 Å². The predicted octanol–water partition coefficient (Wildman–Crippen LogP) is 1.48. The highest BCUT2D eigenvalue weighted by Gasteiger charge is 2.22. The molecular formula is C12H26N2O. The minimum Gasteiger partial charge on any atom is -0.379 e. The average molecular weight is 214 g/mol. The molecule has 3 atom stereocenters. The Kier molecular flexibility index (Phi) is 5.58. The summed E-state index contributed by atoms with van der Waals surface area (Å²) in [6, 6.07) is 1.77. The molecule has 1 fully saturated rings. The Morgan fingerprint density at radius 1 is 1.20 bits per heavy atom. The molecule has 0 amide bonds. The number of rotatable bonds is 5. The maximum atomic E-state index is 5.37. The Morgan fingerprint density at radius 2 is 1.80 bits per heavy atom. The van der Waals surface area contributed by atoms with Crippen molar-refractivity contribution in [1.82, 2.24) is 10.2 Å². The smallest absolute Gasteiger partial charge is 0.0594 e. The highest BCUT2D eigenvalue weighted by atomic mass is 16.5. The van der Waals surface area contributed by atoms with Crippen LogP contribution >= 0.6 is 0 Å². The first kappa shape index (κ1) is 12.9. The van der Waals surface area contributed by atoms with Gasteiger partial charge in [-0.15, -0.1) is 0 Å². The second-order valence-corrected chi connectivity index (χ2v) is 4.65. The van der Waals surface area contributed by atoms with Crippen LogP contribution in [0.2, 0.25) is 0 Å². The summed E-state index contributed by atoms with van der Waals surface area (Å²) in [6.45, 7) is 13.0. The van der Waals surface area contributed by atoms with Crippen molar-refractivity contribution in [3.63, 3.8) is 0 Å². The Hall–Kier alpha value is -0.120. The van der Waals surface area contributed by atoms with Crippen LogP contribution in [0.1, 0.15) is 34.1 Å². The number of nitrogens with one attached hydrogen (secondary N) is 1. The van der Waals surface area contributed by atoms with E-state index >= 15 is 0 Å². The molecule has 0 bridgehead atoms. The molecule has 1 heterocycles. The Bertz CT molecular complexity index is 169. The van der Waals surface area contributed by atoms with Gasteiger partial charge in [-0.2, -0.15) is 0 Å². The first-order valence-corrected chi connectivity index (χ1v) is 6.23. The molecule has 0 saturated carbocycles. The van der Waals surface area contributed by atoms with Crippen LogP contribution in [0.4, 0.5) is 0 Å². The van der Waals surface area contributed by atoms with E-state index in [-0.39, 0.29) is 0 Å². The zero-order valence-corrected chi connectivity index (χ0v) is 10.6. The number of hydrogen-bond acceptors (Lipinski definition) is 3. The van der Waals surface area contributed by atoms with E-state index in [1.54, 1.807) is 0 Å². The summed E-state index contributed by atoms with van der Waals surface area (Å²) >= 11 is 0. The van der Waals surface area contributed by atoms with Crippen LogP contribution in [0.15, 0.2) is 0 Å². The van der Waals surface area contributed by atoms with E-state index in [4.69, 9.17) is 4.74 Å². The fraction of sp³-hybridized carbons (Fsp3) is 1.00. The molecule has 1 aliphatic heterocycles. The maximum absolute atomic E-state index is 5.37. The second-order valence-electron chi connectivity index (χ2n) is 4.65. The predicted molar refractivity (Wildman–Crippen MR) is 64.2 cm³/mol. The molecule has 0 radical (unpaired) electrons. The van der Waals surface area contributed by atoms with Gasteiger partial charge in [0.15, 0.2) is 0 Å². The standard InChI is InChI=1S/C12H26N2O/c1-5-10(2)13-11(3)12(4)14-6-8-15-9-7-14/h10-13H,5-9H2,1-4H3. The van der Waals surface area contributed by atoms with Crippen LogP contribution in [-0.4, -0.2) is 49.3 Å². The molecule has 0 spiro atoms. The van der Waals surface area contributed by atoms with Crippen LogP contribution in [0.3, 0.4) is 0 Å². The molecule has 1 rings (SSSR count). The van der Waals surface area contributed by atoms with E-state index in [9.17, 15) is 0 Å². The fourth-order valence-corrected chi connectivity index (χ4v) is 2.01. The van der Waals surface area contributed by atoms with Crippen molar-refractivity contribution < 1.29 is 4.74 Å². The van der Waals surface area contributed by atoms with Crippen molar-refractivity contribution >= 4 is 0 Å². The maximum Gasteiger partial charge on any atom is 0.0594 e. The molecule has 90 valence electrons. The van der Waals surface area contributed by atoms with Crippen LogP contribution in [0.5, 0.6) is 0 Å². The number of nitrogens with zero attached hydrogens (tertiary/aromatic N) is 1. The molecular weight excluding hydrogens is 188 g/mol. The van der Waals surface area contributed by atoms with Gasteiger partial charge in [-0.05, 0) is 27.2 Å². The van der Waals surface area contributed by atoms with Crippen molar-refractivity contribution in [3.8, 4) is 0 Å². The lowest BCUT2D eigenvalue weighted by molar-refractivity contribution is 0.0129. The molecule has 0 aromatic rings. The number of hydrogen-bond donors (Lipinski definition) is 1. The number of ether oxygens (including phenoxy) is 1. The van der Waals surface area contributed by atoms with Crippen molar-refractivity contribution in [1.29, 1.82) is 0 Å². The summed E-state index contributed by atoms with van der Waals surface area (Å²) in [5.41, 5.74) is 0. The van der Waals surface area contributed by atoms with Crippen LogP contribution in [0.25, 0.3) is 0 Å². The van der Waals surface area contributed by atoms with E-state index in [0.717, 1.165) is 26.3 Å². The van der Waals surface area contributed by atoms with E-state index in [2.05, 4.69) is 37.9 Å². The van der Waals surface area contributed by atoms with E-state index in [1.807, 2.05) is 0 Å². The highest BCUT2D eigenvalue weighted by molar-refractivity contribution is 4.80. The molecule has 3 nitrogen and oxygen atoms in total. The minimum atomic E-state index is 0.554. The summed E-state index contributed by atoms with van der Waals surface area (Å²) in [7, 11) is 0. The summed E-state index contributed by atoms with van der Waals surface area (Å²) in [4.78, 5) is 2.52. The largest absolute Gasteiger partial charge is 0.379 e. The SMILES string of the molecule is CCC(C)NC(C)C(C)N1CCOCC1. The van der Waals surface area contributed by atoms with Crippen molar-refractivity contribution in [3.05, 3.63) is 0 Å². The van der Waals surface area contributed by atoms with Gasteiger partial charge in [-0.1, -0.05) is 6.92 Å². The van der Waals surface area contributed by atoms with Crippen molar-refractivity contribution in [2.24, 2.45) is 0 Å². The lowest BCUT2D eigenvalue weighted by Gasteiger charge is -2.36. The third-order valence-electron chi connectivity index (χ3n) is 3.51. The van der Waals surface area contributed by atoms with Crippen LogP contribution in [-0.2, 0) is 4.74 Å². The van der Waals surface area contributed by atoms with E-state index in [1.165, 1.54) is 6.42 Å². The monoisotopic (exact) mass is 214 g/mol. The van der Waals surface area contributed by atoms with Gasteiger partial charge in [-0.25, -0.2) is 0 Å². The molecule has 3 unspecified atom stereocenters. The zero-order chi connectivity index (χ0) is 11.3. The van der Waals surface area contributed by atoms with Gasteiger partial charge in [0.1, 0.15) is 0 Å². The molecule has 1 saturated heterocycles. The minimum absolute atomic E-state index is 0.554. The average Bonchev–Trinajstić information content (AvgIpc) is 2.29. The first-order chi connectivity index (χ1) is 7.15. The van der Waals surface area contributed by atoms with Crippen molar-refractivity contribution in [2.45, 2.75) is 52.2 Å². The third kappa shape index (κ3) is 4.09. The lowest BCUT2D eigenvalue weighted by atomic mass is 10.1. The highest BCUT2D eigenvalue weighted by Crippen LogP contribution is 2.08. The molecule has 3 heteroatoms. The molecule has 0 aliphatic carbocycles. The van der Waals surface area contributed by atoms with Gasteiger partial charge in [-0.3, -0.25) is 4.90 Å². The molecule has 15 heavy (non-hydrogen) atoms. The summed E-state index contributed by atoms with van der Waals surface area (Å²) < 4.78 is 5.37. The Balaban J connectivity index is 2.33. The first-order valence-electron chi connectivity index (χ1n) is 6.23. The normalized spacial score (nSPS) is 24.8. The number of morpholine rings is 1. The van der Waals surface area contributed by atoms with Crippen molar-refractivity contribution in [2.75, 3.05) is 26.3 Å². The van der Waals surface area contributed by atoms with Gasteiger partial charge in [0, 0.05) is 31.2 Å². The second kappa shape index (κ2) is 6.46. The quantitative estimate of drug-likeness (QED) is 0.750. The van der Waals surface area contributed by atoms with Gasteiger partial charge in [0.25, 0.3) is 0 Å². The molecule has 0 aromatic carbocycles. The third-order valence-corrected chi connectivity index (χ3v) is 3.51. The van der Waals surface area contributed by atoms with E-state index < -0.39 is 0 Å². The van der Waals surface area contributed by atoms with Crippen LogP contribution in [0, 0.1) is 0 Å². The van der Waals surface area contributed by atoms with E-state index in [0.29, 0.717) is 18.1 Å². The molecule has 0 aromatic heterocycles. The topological polar surface area (TPSA) is 24.5 Å². The van der Waals surface area contributed by atoms with Gasteiger partial charge < -0.3 is 10.1 Å². The lowest BCUT2D eigenvalue weighted by Crippen LogP contribution is -2.52. The zero-order valence-electron chi connectivity index (χ0n) is 10.6. The van der Waals surface area contributed by atoms with Gasteiger partial charge in [0.05, 0.1) is 13.2 Å². The van der Waals surface area contributed by atoms with Gasteiger partial charge >= 0.3 is 0 Å². The Morgan fingerprint density at radius 3 is 2.33 bits per heavy atom. The summed E-state index contributed by atoms with van der Waals surface area (Å²) in [5.74, 6) is 0. The molecule has 1 aliphatic rings. The summed E-state index contributed by atoms with van der Waals surface area (Å²) in [6.07, 6.45) is 1.19. The summed E-state index contributed by atoms with van der Waals surface area (Å²) in [5, 5.41) is 3.64.